The number of hydrogen-bond acceptors (Lipinski definition) is 4. The highest BCUT2D eigenvalue weighted by atomic mass is 35.5. The molecule has 6 nitrogen and oxygen atoms in total. The predicted molar refractivity (Wildman–Crippen MR) is 72.7 cm³/mol. The van der Waals surface area contributed by atoms with Crippen LogP contribution in [-0.4, -0.2) is 44.1 Å². The van der Waals surface area contributed by atoms with Gasteiger partial charge in [0.05, 0.1) is 17.3 Å². The molecule has 21 heavy (non-hydrogen) atoms. The second kappa shape index (κ2) is 5.42. The fourth-order valence-electron chi connectivity index (χ4n) is 2.30. The maximum atomic E-state index is 13.8. The highest BCUT2D eigenvalue weighted by molar-refractivity contribution is 6.30. The molecule has 1 aromatic carbocycles. The van der Waals surface area contributed by atoms with Gasteiger partial charge in [-0.1, -0.05) is 28.9 Å². The van der Waals surface area contributed by atoms with Crippen molar-refractivity contribution in [1.82, 2.24) is 19.9 Å². The molecule has 110 valence electrons. The van der Waals surface area contributed by atoms with E-state index in [9.17, 15) is 9.18 Å². The van der Waals surface area contributed by atoms with Gasteiger partial charge < -0.3 is 5.11 Å². The minimum atomic E-state index is -1.10. The van der Waals surface area contributed by atoms with Crippen molar-refractivity contribution in [1.29, 1.82) is 0 Å². The maximum absolute atomic E-state index is 13.8. The molecule has 1 N–H and O–H groups in total. The third kappa shape index (κ3) is 2.74. The number of nitrogens with zero attached hydrogens (tertiary/aromatic N) is 4. The Morgan fingerprint density at radius 1 is 1.48 bits per heavy atom. The van der Waals surface area contributed by atoms with Crippen LogP contribution in [0.3, 0.4) is 0 Å². The van der Waals surface area contributed by atoms with Gasteiger partial charge in [0.15, 0.2) is 5.69 Å². The van der Waals surface area contributed by atoms with Gasteiger partial charge in [-0.3, -0.25) is 4.90 Å². The molecule has 3 rings (SSSR count). The summed E-state index contributed by atoms with van der Waals surface area (Å²) in [5.41, 5.74) is 0.472. The Kier molecular flexibility index (Phi) is 3.60. The van der Waals surface area contributed by atoms with Crippen LogP contribution in [0.15, 0.2) is 24.4 Å². The zero-order chi connectivity index (χ0) is 15.0. The minimum Gasteiger partial charge on any atom is -0.476 e. The Balaban J connectivity index is 1.60. The van der Waals surface area contributed by atoms with Crippen LogP contribution in [0.4, 0.5) is 4.39 Å². The van der Waals surface area contributed by atoms with Crippen LogP contribution in [0.5, 0.6) is 0 Å². The molecule has 0 spiro atoms. The molecule has 2 heterocycles. The topological polar surface area (TPSA) is 71.2 Å². The summed E-state index contributed by atoms with van der Waals surface area (Å²) >= 11 is 5.74. The van der Waals surface area contributed by atoms with Gasteiger partial charge in [-0.2, -0.15) is 0 Å². The molecular formula is C13H12ClFN4O2. The van der Waals surface area contributed by atoms with Crippen molar-refractivity contribution in [2.45, 2.75) is 12.6 Å². The quantitative estimate of drug-likeness (QED) is 0.933. The molecule has 8 heteroatoms. The molecule has 1 saturated heterocycles. The van der Waals surface area contributed by atoms with E-state index in [0.29, 0.717) is 25.2 Å². The Bertz CT molecular complexity index is 685. The molecule has 0 bridgehead atoms. The summed E-state index contributed by atoms with van der Waals surface area (Å²) in [6.07, 6.45) is 1.41. The second-order valence-corrected chi connectivity index (χ2v) is 5.36. The van der Waals surface area contributed by atoms with E-state index >= 15 is 0 Å². The van der Waals surface area contributed by atoms with E-state index in [1.165, 1.54) is 16.9 Å². The number of carboxylic acids is 1. The number of aromatic nitrogens is 3. The number of rotatable bonds is 4. The summed E-state index contributed by atoms with van der Waals surface area (Å²) in [6, 6.07) is 5.00. The average molecular weight is 311 g/mol. The van der Waals surface area contributed by atoms with Crippen molar-refractivity contribution >= 4 is 17.6 Å². The summed E-state index contributed by atoms with van der Waals surface area (Å²) in [4.78, 5) is 12.8. The molecule has 0 saturated carbocycles. The molecular weight excluding hydrogens is 299 g/mol. The molecule has 1 fully saturated rings. The van der Waals surface area contributed by atoms with Gasteiger partial charge in [0, 0.05) is 25.2 Å². The molecule has 0 aliphatic carbocycles. The Hall–Kier alpha value is -1.99. The molecule has 1 aliphatic rings. The standard InChI is InChI=1S/C13H12ClFN4O2/c14-10-3-1-2-8(12(10)15)4-18-5-9(6-18)19-7-11(13(20)21)16-17-19/h1-3,7,9H,4-6H2,(H,20,21). The molecule has 1 aliphatic heterocycles. The minimum absolute atomic E-state index is 0.0628. The van der Waals surface area contributed by atoms with Gasteiger partial charge >= 0.3 is 5.97 Å². The maximum Gasteiger partial charge on any atom is 0.358 e. The third-order valence-electron chi connectivity index (χ3n) is 3.47. The first kappa shape index (κ1) is 14.0. The van der Waals surface area contributed by atoms with Crippen LogP contribution in [0, 0.1) is 5.82 Å². The van der Waals surface area contributed by atoms with Crippen LogP contribution in [0.25, 0.3) is 0 Å². The lowest BCUT2D eigenvalue weighted by molar-refractivity contribution is 0.0690. The van der Waals surface area contributed by atoms with Crippen LogP contribution in [0.1, 0.15) is 22.1 Å². The first-order valence-electron chi connectivity index (χ1n) is 6.35. The van der Waals surface area contributed by atoms with Crippen molar-refractivity contribution < 1.29 is 14.3 Å². The van der Waals surface area contributed by atoms with Crippen LogP contribution < -0.4 is 0 Å². The molecule has 0 amide bonds. The van der Waals surface area contributed by atoms with E-state index in [-0.39, 0.29) is 16.8 Å². The molecule has 0 unspecified atom stereocenters. The molecule has 2 aromatic rings. The van der Waals surface area contributed by atoms with Crippen molar-refractivity contribution in [3.05, 3.63) is 46.5 Å². The van der Waals surface area contributed by atoms with E-state index in [1.54, 1.807) is 12.1 Å². The highest BCUT2D eigenvalue weighted by Gasteiger charge is 2.30. The van der Waals surface area contributed by atoms with E-state index in [1.807, 2.05) is 4.90 Å². The van der Waals surface area contributed by atoms with Gasteiger partial charge in [0.25, 0.3) is 0 Å². The zero-order valence-electron chi connectivity index (χ0n) is 10.9. The normalized spacial score (nSPS) is 15.9. The number of carboxylic acid groups (broad SMARTS) is 1. The molecule has 1 aromatic heterocycles. The third-order valence-corrected chi connectivity index (χ3v) is 3.76. The van der Waals surface area contributed by atoms with Gasteiger partial charge in [-0.05, 0) is 6.07 Å². The van der Waals surface area contributed by atoms with Crippen LogP contribution in [0.2, 0.25) is 5.02 Å². The predicted octanol–water partition coefficient (Wildman–Crippen LogP) is 1.83. The number of benzene rings is 1. The van der Waals surface area contributed by atoms with Crippen molar-refractivity contribution in [3.63, 3.8) is 0 Å². The zero-order valence-corrected chi connectivity index (χ0v) is 11.7. The van der Waals surface area contributed by atoms with Crippen molar-refractivity contribution in [2.24, 2.45) is 0 Å². The summed E-state index contributed by atoms with van der Waals surface area (Å²) in [5, 5.41) is 16.3. The number of aromatic carboxylic acids is 1. The highest BCUT2D eigenvalue weighted by Crippen LogP contribution is 2.25. The fraction of sp³-hybridized carbons (Fsp3) is 0.308. The Labute approximate surface area is 124 Å². The monoisotopic (exact) mass is 310 g/mol. The van der Waals surface area contributed by atoms with Crippen molar-refractivity contribution in [2.75, 3.05) is 13.1 Å². The lowest BCUT2D eigenvalue weighted by Gasteiger charge is -2.38. The largest absolute Gasteiger partial charge is 0.476 e. The summed E-state index contributed by atoms with van der Waals surface area (Å²) in [7, 11) is 0. The summed E-state index contributed by atoms with van der Waals surface area (Å²) in [5.74, 6) is -1.49. The lowest BCUT2D eigenvalue weighted by Crippen LogP contribution is -2.47. The van der Waals surface area contributed by atoms with Gasteiger partial charge in [-0.15, -0.1) is 5.10 Å². The van der Waals surface area contributed by atoms with E-state index < -0.39 is 11.8 Å². The van der Waals surface area contributed by atoms with E-state index in [4.69, 9.17) is 16.7 Å². The average Bonchev–Trinajstić information content (AvgIpc) is 2.87. The first-order chi connectivity index (χ1) is 10.0. The Morgan fingerprint density at radius 2 is 2.24 bits per heavy atom. The van der Waals surface area contributed by atoms with E-state index in [2.05, 4.69) is 10.3 Å². The van der Waals surface area contributed by atoms with Crippen molar-refractivity contribution in [3.8, 4) is 0 Å². The van der Waals surface area contributed by atoms with Gasteiger partial charge in [0.1, 0.15) is 5.82 Å². The Morgan fingerprint density at radius 3 is 2.90 bits per heavy atom. The number of likely N-dealkylation sites (tertiary alicyclic amines) is 1. The SMILES string of the molecule is O=C(O)c1cn(C2CN(Cc3cccc(Cl)c3F)C2)nn1. The number of carbonyl (C=O) groups is 1. The number of halogens is 2. The smallest absolute Gasteiger partial charge is 0.358 e. The number of hydrogen-bond donors (Lipinski definition) is 1. The fourth-order valence-corrected chi connectivity index (χ4v) is 2.50. The summed E-state index contributed by atoms with van der Waals surface area (Å²) < 4.78 is 15.3. The van der Waals surface area contributed by atoms with Gasteiger partial charge in [0.2, 0.25) is 0 Å². The second-order valence-electron chi connectivity index (χ2n) is 4.95. The van der Waals surface area contributed by atoms with E-state index in [0.717, 1.165) is 0 Å². The summed E-state index contributed by atoms with van der Waals surface area (Å²) in [6.45, 7) is 1.78. The molecule has 0 atom stereocenters. The first-order valence-corrected chi connectivity index (χ1v) is 6.73. The van der Waals surface area contributed by atoms with Gasteiger partial charge in [-0.25, -0.2) is 13.9 Å². The van der Waals surface area contributed by atoms with Crippen LogP contribution >= 0.6 is 11.6 Å². The lowest BCUT2D eigenvalue weighted by atomic mass is 10.1. The van der Waals surface area contributed by atoms with Crippen LogP contribution in [-0.2, 0) is 6.54 Å². The molecule has 0 radical (unpaired) electrons.